The predicted octanol–water partition coefficient (Wildman–Crippen LogP) is 3.70. The van der Waals surface area contributed by atoms with Crippen LogP contribution in [-0.2, 0) is 6.54 Å². The first-order valence-electron chi connectivity index (χ1n) is 7.32. The van der Waals surface area contributed by atoms with Crippen LogP contribution in [0.15, 0.2) is 60.9 Å². The van der Waals surface area contributed by atoms with Gasteiger partial charge in [-0.05, 0) is 30.5 Å². The zero-order valence-electron chi connectivity index (χ0n) is 12.5. The third kappa shape index (κ3) is 3.42. The first kappa shape index (κ1) is 14.1. The number of pyridine rings is 1. The van der Waals surface area contributed by atoms with Gasteiger partial charge >= 0.3 is 0 Å². The summed E-state index contributed by atoms with van der Waals surface area (Å²) in [6, 6.07) is 16.1. The van der Waals surface area contributed by atoms with Gasteiger partial charge in [0.15, 0.2) is 0 Å². The molecule has 0 fully saturated rings. The number of aromatic nitrogens is 3. The summed E-state index contributed by atoms with van der Waals surface area (Å²) in [5.41, 5.74) is 4.23. The van der Waals surface area contributed by atoms with Crippen molar-refractivity contribution in [2.75, 3.05) is 0 Å². The molecule has 0 N–H and O–H groups in total. The van der Waals surface area contributed by atoms with E-state index in [1.807, 2.05) is 48.0 Å². The van der Waals surface area contributed by atoms with E-state index in [4.69, 9.17) is 0 Å². The average Bonchev–Trinajstić information content (AvgIpc) is 2.94. The van der Waals surface area contributed by atoms with Gasteiger partial charge in [-0.15, -0.1) is 0 Å². The third-order valence-electron chi connectivity index (χ3n) is 3.38. The van der Waals surface area contributed by atoms with Crippen LogP contribution in [0.3, 0.4) is 0 Å². The molecule has 0 amide bonds. The minimum absolute atomic E-state index is 0.756. The van der Waals surface area contributed by atoms with Crippen molar-refractivity contribution in [1.29, 1.82) is 0 Å². The van der Waals surface area contributed by atoms with Crippen molar-refractivity contribution >= 4 is 0 Å². The fraction of sp³-hybridized carbons (Fsp3) is 0.158. The molecule has 0 saturated heterocycles. The van der Waals surface area contributed by atoms with Crippen molar-refractivity contribution in [1.82, 2.24) is 14.8 Å². The van der Waals surface area contributed by atoms with Gasteiger partial charge in [0, 0.05) is 24.4 Å². The van der Waals surface area contributed by atoms with E-state index >= 15 is 0 Å². The van der Waals surface area contributed by atoms with Crippen LogP contribution in [0.25, 0.3) is 11.1 Å². The predicted molar refractivity (Wildman–Crippen MR) is 88.1 cm³/mol. The summed E-state index contributed by atoms with van der Waals surface area (Å²) < 4.78 is 1.96. The summed E-state index contributed by atoms with van der Waals surface area (Å²) in [6.45, 7) is 2.83. The van der Waals surface area contributed by atoms with Gasteiger partial charge in [0.25, 0.3) is 0 Å². The maximum absolute atomic E-state index is 4.56. The van der Waals surface area contributed by atoms with Crippen LogP contribution in [0, 0.1) is 18.8 Å². The molecule has 108 valence electrons. The lowest BCUT2D eigenvalue weighted by atomic mass is 10.1. The van der Waals surface area contributed by atoms with Gasteiger partial charge in [0.2, 0.25) is 0 Å². The molecule has 3 rings (SSSR count). The molecule has 22 heavy (non-hydrogen) atoms. The Kier molecular flexibility index (Phi) is 4.31. The number of hydrogen-bond acceptors (Lipinski definition) is 2. The Morgan fingerprint density at radius 3 is 2.64 bits per heavy atom. The smallest absolute Gasteiger partial charge is 0.113 e. The van der Waals surface area contributed by atoms with E-state index in [2.05, 4.69) is 40.3 Å². The highest BCUT2D eigenvalue weighted by atomic mass is 15.3. The van der Waals surface area contributed by atoms with Crippen LogP contribution < -0.4 is 0 Å². The highest BCUT2D eigenvalue weighted by Gasteiger charge is 2.06. The lowest BCUT2D eigenvalue weighted by Gasteiger charge is -1.97. The van der Waals surface area contributed by atoms with Crippen molar-refractivity contribution in [3.05, 3.63) is 72.3 Å². The van der Waals surface area contributed by atoms with Gasteiger partial charge in [-0.2, -0.15) is 5.10 Å². The summed E-state index contributed by atoms with van der Waals surface area (Å²) in [7, 11) is 0. The molecule has 0 aliphatic heterocycles. The van der Waals surface area contributed by atoms with E-state index in [0.717, 1.165) is 24.4 Å². The van der Waals surface area contributed by atoms with E-state index in [1.165, 1.54) is 11.1 Å². The first-order valence-corrected chi connectivity index (χ1v) is 7.32. The second kappa shape index (κ2) is 6.73. The second-order valence-corrected chi connectivity index (χ2v) is 5.02. The topological polar surface area (TPSA) is 30.7 Å². The molecule has 0 saturated carbocycles. The van der Waals surface area contributed by atoms with Crippen LogP contribution in [0.4, 0.5) is 0 Å². The summed E-state index contributed by atoms with van der Waals surface area (Å²) >= 11 is 0. The fourth-order valence-electron chi connectivity index (χ4n) is 2.29. The molecule has 0 bridgehead atoms. The largest absolute Gasteiger partial charge is 0.271 e. The van der Waals surface area contributed by atoms with Gasteiger partial charge in [0.05, 0.1) is 12.2 Å². The minimum Gasteiger partial charge on any atom is -0.271 e. The standard InChI is InChI=1S/C19H17N3/c1-16-19(17-9-3-2-4-10-17)15-22(21-16)14-8-6-12-18-11-5-7-13-20-18/h2-5,7,9-11,13,15H,8,14H2,1H3. The Labute approximate surface area is 130 Å². The zero-order chi connectivity index (χ0) is 15.2. The highest BCUT2D eigenvalue weighted by molar-refractivity contribution is 5.64. The molecule has 3 heteroatoms. The van der Waals surface area contributed by atoms with Gasteiger partial charge in [-0.3, -0.25) is 4.68 Å². The lowest BCUT2D eigenvalue weighted by molar-refractivity contribution is 0.624. The number of nitrogens with zero attached hydrogens (tertiary/aromatic N) is 3. The lowest BCUT2D eigenvalue weighted by Crippen LogP contribution is -1.97. The van der Waals surface area contributed by atoms with Gasteiger partial charge in [-0.1, -0.05) is 42.3 Å². The summed E-state index contributed by atoms with van der Waals surface area (Å²) in [4.78, 5) is 4.19. The van der Waals surface area contributed by atoms with E-state index < -0.39 is 0 Å². The minimum atomic E-state index is 0.756. The molecule has 2 heterocycles. The number of benzene rings is 1. The Balaban J connectivity index is 1.66. The van der Waals surface area contributed by atoms with Crippen molar-refractivity contribution in [2.24, 2.45) is 0 Å². The highest BCUT2D eigenvalue weighted by Crippen LogP contribution is 2.21. The molecule has 0 aliphatic carbocycles. The third-order valence-corrected chi connectivity index (χ3v) is 3.38. The SMILES string of the molecule is Cc1nn(CCC#Cc2ccccn2)cc1-c1ccccc1. The second-order valence-electron chi connectivity index (χ2n) is 5.02. The van der Waals surface area contributed by atoms with Crippen LogP contribution in [-0.4, -0.2) is 14.8 Å². The van der Waals surface area contributed by atoms with Crippen molar-refractivity contribution in [3.63, 3.8) is 0 Å². The summed E-state index contributed by atoms with van der Waals surface area (Å²) in [6.07, 6.45) is 4.60. The quantitative estimate of drug-likeness (QED) is 0.688. The molecule has 2 aromatic heterocycles. The van der Waals surface area contributed by atoms with Crippen LogP contribution in [0.1, 0.15) is 17.8 Å². The van der Waals surface area contributed by atoms with Crippen molar-refractivity contribution in [2.45, 2.75) is 19.9 Å². The Hall–Kier alpha value is -2.86. The average molecular weight is 287 g/mol. The monoisotopic (exact) mass is 287 g/mol. The zero-order valence-corrected chi connectivity index (χ0v) is 12.5. The summed E-state index contributed by atoms with van der Waals surface area (Å²) in [5, 5.41) is 4.56. The van der Waals surface area contributed by atoms with E-state index in [9.17, 15) is 0 Å². The van der Waals surface area contributed by atoms with E-state index in [-0.39, 0.29) is 0 Å². The maximum Gasteiger partial charge on any atom is 0.113 e. The van der Waals surface area contributed by atoms with Gasteiger partial charge in [0.1, 0.15) is 5.69 Å². The molecule has 3 aromatic rings. The first-order chi connectivity index (χ1) is 10.8. The molecule has 0 radical (unpaired) electrons. The Morgan fingerprint density at radius 2 is 1.86 bits per heavy atom. The normalized spacial score (nSPS) is 10.0. The van der Waals surface area contributed by atoms with Crippen LogP contribution >= 0.6 is 0 Å². The van der Waals surface area contributed by atoms with Crippen molar-refractivity contribution < 1.29 is 0 Å². The molecular formula is C19H17N3. The van der Waals surface area contributed by atoms with Gasteiger partial charge < -0.3 is 0 Å². The van der Waals surface area contributed by atoms with E-state index in [0.29, 0.717) is 0 Å². The molecule has 0 unspecified atom stereocenters. The molecule has 0 spiro atoms. The Bertz CT molecular complexity index is 793. The van der Waals surface area contributed by atoms with Gasteiger partial charge in [-0.25, -0.2) is 4.98 Å². The number of rotatable bonds is 3. The number of aryl methyl sites for hydroxylation is 2. The van der Waals surface area contributed by atoms with E-state index in [1.54, 1.807) is 6.20 Å². The molecule has 1 aromatic carbocycles. The van der Waals surface area contributed by atoms with Crippen molar-refractivity contribution in [3.8, 4) is 23.0 Å². The van der Waals surface area contributed by atoms with Crippen LogP contribution in [0.5, 0.6) is 0 Å². The molecule has 3 nitrogen and oxygen atoms in total. The molecule has 0 atom stereocenters. The molecule has 0 aliphatic rings. The summed E-state index contributed by atoms with van der Waals surface area (Å²) in [5.74, 6) is 6.21. The van der Waals surface area contributed by atoms with Crippen LogP contribution in [0.2, 0.25) is 0 Å². The fourth-order valence-corrected chi connectivity index (χ4v) is 2.29. The Morgan fingerprint density at radius 1 is 1.05 bits per heavy atom. The maximum atomic E-state index is 4.56. The number of hydrogen-bond donors (Lipinski definition) is 0. The molecular weight excluding hydrogens is 270 g/mol.